The average Bonchev–Trinajstić information content (AvgIpc) is 2.82. The second-order valence-corrected chi connectivity index (χ2v) is 10.2. The molecule has 0 atom stereocenters. The minimum atomic E-state index is -4.00. The topological polar surface area (TPSA) is 87.7 Å². The van der Waals surface area contributed by atoms with E-state index in [1.807, 2.05) is 50.2 Å². The number of rotatable bonds is 6. The van der Waals surface area contributed by atoms with Crippen molar-refractivity contribution in [3.63, 3.8) is 0 Å². The van der Waals surface area contributed by atoms with E-state index in [9.17, 15) is 13.2 Å². The highest BCUT2D eigenvalue weighted by molar-refractivity contribution is 7.92. The van der Waals surface area contributed by atoms with Crippen molar-refractivity contribution in [2.24, 2.45) is 0 Å². The minimum absolute atomic E-state index is 0.0312. The van der Waals surface area contributed by atoms with Crippen LogP contribution >= 0.6 is 11.6 Å². The largest absolute Gasteiger partial charge is 0.378 e. The molecule has 1 amide bonds. The summed E-state index contributed by atoms with van der Waals surface area (Å²) in [5, 5.41) is 2.84. The van der Waals surface area contributed by atoms with Crippen molar-refractivity contribution in [3.8, 4) is 0 Å². The van der Waals surface area contributed by atoms with Gasteiger partial charge in [-0.3, -0.25) is 9.52 Å². The molecule has 3 aromatic rings. The van der Waals surface area contributed by atoms with Crippen LogP contribution in [0.5, 0.6) is 0 Å². The smallest absolute Gasteiger partial charge is 0.263 e. The van der Waals surface area contributed by atoms with E-state index in [4.69, 9.17) is 16.3 Å². The third-order valence-electron chi connectivity index (χ3n) is 5.61. The summed E-state index contributed by atoms with van der Waals surface area (Å²) in [4.78, 5) is 14.9. The van der Waals surface area contributed by atoms with E-state index in [2.05, 4.69) is 14.9 Å². The number of carbonyl (C=O) groups excluding carboxylic acids is 1. The summed E-state index contributed by atoms with van der Waals surface area (Å²) in [7, 11) is -4.00. The number of carbonyl (C=O) groups is 1. The van der Waals surface area contributed by atoms with E-state index in [0.29, 0.717) is 24.6 Å². The summed E-state index contributed by atoms with van der Waals surface area (Å²) >= 11 is 6.20. The predicted octanol–water partition coefficient (Wildman–Crippen LogP) is 4.85. The van der Waals surface area contributed by atoms with Crippen molar-refractivity contribution in [3.05, 3.63) is 82.4 Å². The lowest BCUT2D eigenvalue weighted by Gasteiger charge is -2.28. The second kappa shape index (κ2) is 10.0. The Morgan fingerprint density at radius 2 is 1.68 bits per heavy atom. The molecule has 1 heterocycles. The first-order valence-electron chi connectivity index (χ1n) is 10.9. The molecule has 1 saturated heterocycles. The van der Waals surface area contributed by atoms with Gasteiger partial charge in [0.05, 0.1) is 23.9 Å². The van der Waals surface area contributed by atoms with Gasteiger partial charge in [0.25, 0.3) is 15.9 Å². The maximum absolute atomic E-state index is 13.0. The first kappa shape index (κ1) is 24.1. The zero-order chi connectivity index (χ0) is 24.3. The molecule has 0 spiro atoms. The van der Waals surface area contributed by atoms with Crippen LogP contribution in [0.15, 0.2) is 65.6 Å². The average molecular weight is 500 g/mol. The van der Waals surface area contributed by atoms with Crippen LogP contribution in [0, 0.1) is 13.8 Å². The van der Waals surface area contributed by atoms with Crippen molar-refractivity contribution >= 4 is 44.6 Å². The minimum Gasteiger partial charge on any atom is -0.378 e. The van der Waals surface area contributed by atoms with E-state index >= 15 is 0 Å². The Morgan fingerprint density at radius 1 is 0.971 bits per heavy atom. The van der Waals surface area contributed by atoms with Gasteiger partial charge in [0, 0.05) is 30.0 Å². The molecule has 0 aliphatic carbocycles. The Kier molecular flexibility index (Phi) is 7.11. The zero-order valence-corrected chi connectivity index (χ0v) is 20.5. The van der Waals surface area contributed by atoms with Crippen LogP contribution in [-0.2, 0) is 14.8 Å². The lowest BCUT2D eigenvalue weighted by Crippen LogP contribution is -2.36. The quantitative estimate of drug-likeness (QED) is 0.506. The Balaban J connectivity index is 1.51. The molecule has 7 nitrogen and oxygen atoms in total. The van der Waals surface area contributed by atoms with Gasteiger partial charge in [0.2, 0.25) is 0 Å². The number of nitrogens with one attached hydrogen (secondary N) is 2. The molecule has 34 heavy (non-hydrogen) atoms. The molecule has 0 bridgehead atoms. The van der Waals surface area contributed by atoms with Crippen molar-refractivity contribution in [2.75, 3.05) is 41.2 Å². The van der Waals surface area contributed by atoms with Crippen molar-refractivity contribution in [1.82, 2.24) is 0 Å². The predicted molar refractivity (Wildman–Crippen MR) is 136 cm³/mol. The van der Waals surface area contributed by atoms with Crippen LogP contribution in [0.4, 0.5) is 17.1 Å². The maximum atomic E-state index is 13.0. The summed E-state index contributed by atoms with van der Waals surface area (Å²) in [6.45, 7) is 6.78. The number of halogens is 1. The number of ether oxygens (including phenoxy) is 1. The summed E-state index contributed by atoms with van der Waals surface area (Å²) in [6, 6.07) is 17.1. The van der Waals surface area contributed by atoms with Crippen LogP contribution in [0.25, 0.3) is 0 Å². The molecule has 9 heteroatoms. The van der Waals surface area contributed by atoms with Crippen LogP contribution in [0.1, 0.15) is 21.5 Å². The van der Waals surface area contributed by atoms with Crippen LogP contribution in [-0.4, -0.2) is 40.6 Å². The molecule has 0 radical (unpaired) electrons. The fraction of sp³-hybridized carbons (Fsp3) is 0.240. The van der Waals surface area contributed by atoms with Gasteiger partial charge < -0.3 is 15.0 Å². The van der Waals surface area contributed by atoms with E-state index in [-0.39, 0.29) is 15.5 Å². The van der Waals surface area contributed by atoms with Gasteiger partial charge in [-0.2, -0.15) is 0 Å². The standard InChI is InChI=1S/C25H26ClN3O4S/c1-17-3-10-23(18(2)15-17)28-34(31,32)24-16-19(4-9-22(24)26)25(30)27-20-5-7-21(8-6-20)29-11-13-33-14-12-29/h3-10,15-16,28H,11-14H2,1-2H3,(H,27,30). The SMILES string of the molecule is Cc1ccc(NS(=O)(=O)c2cc(C(=O)Nc3ccc(N4CCOCC4)cc3)ccc2Cl)c(C)c1. The highest BCUT2D eigenvalue weighted by atomic mass is 35.5. The van der Waals surface area contributed by atoms with Crippen molar-refractivity contribution in [2.45, 2.75) is 18.7 Å². The van der Waals surface area contributed by atoms with Crippen LogP contribution < -0.4 is 14.9 Å². The molecule has 1 aliphatic heterocycles. The van der Waals surface area contributed by atoms with Crippen molar-refractivity contribution in [1.29, 1.82) is 0 Å². The maximum Gasteiger partial charge on any atom is 0.263 e. The first-order valence-corrected chi connectivity index (χ1v) is 12.7. The summed E-state index contributed by atoms with van der Waals surface area (Å²) < 4.78 is 34.0. The summed E-state index contributed by atoms with van der Waals surface area (Å²) in [6.07, 6.45) is 0. The Hall–Kier alpha value is -3.07. The number of hydrogen-bond donors (Lipinski definition) is 2. The first-order chi connectivity index (χ1) is 16.2. The highest BCUT2D eigenvalue weighted by Crippen LogP contribution is 2.27. The number of benzene rings is 3. The number of morpholine rings is 1. The van der Waals surface area contributed by atoms with Gasteiger partial charge in [0.15, 0.2) is 0 Å². The van der Waals surface area contributed by atoms with E-state index in [1.54, 1.807) is 6.07 Å². The molecule has 0 saturated carbocycles. The van der Waals surface area contributed by atoms with Gasteiger partial charge >= 0.3 is 0 Å². The van der Waals surface area contributed by atoms with Crippen LogP contribution in [0.3, 0.4) is 0 Å². The molecular formula is C25H26ClN3O4S. The number of aryl methyl sites for hydroxylation is 2. The lowest BCUT2D eigenvalue weighted by molar-refractivity contribution is 0.102. The highest BCUT2D eigenvalue weighted by Gasteiger charge is 2.21. The number of amides is 1. The normalized spacial score (nSPS) is 14.0. The number of nitrogens with zero attached hydrogens (tertiary/aromatic N) is 1. The van der Waals surface area contributed by atoms with Crippen molar-refractivity contribution < 1.29 is 17.9 Å². The van der Waals surface area contributed by atoms with E-state index in [1.165, 1.54) is 18.2 Å². The zero-order valence-electron chi connectivity index (χ0n) is 19.0. The summed E-state index contributed by atoms with van der Waals surface area (Å²) in [5.41, 5.74) is 4.11. The van der Waals surface area contributed by atoms with Gasteiger partial charge in [-0.1, -0.05) is 29.3 Å². The number of hydrogen-bond acceptors (Lipinski definition) is 5. The lowest BCUT2D eigenvalue weighted by atomic mass is 10.1. The Bertz CT molecular complexity index is 1300. The Morgan fingerprint density at radius 3 is 2.35 bits per heavy atom. The molecule has 2 N–H and O–H groups in total. The molecule has 178 valence electrons. The Labute approximate surface area is 204 Å². The third kappa shape index (κ3) is 5.52. The molecule has 0 unspecified atom stereocenters. The van der Waals surface area contributed by atoms with E-state index in [0.717, 1.165) is 29.9 Å². The monoisotopic (exact) mass is 499 g/mol. The molecule has 1 fully saturated rings. The summed E-state index contributed by atoms with van der Waals surface area (Å²) in [5.74, 6) is -0.432. The van der Waals surface area contributed by atoms with Gasteiger partial charge in [-0.15, -0.1) is 0 Å². The van der Waals surface area contributed by atoms with E-state index < -0.39 is 15.9 Å². The molecule has 3 aromatic carbocycles. The van der Waals surface area contributed by atoms with Gasteiger partial charge in [0.1, 0.15) is 4.90 Å². The van der Waals surface area contributed by atoms with Crippen LogP contribution in [0.2, 0.25) is 5.02 Å². The third-order valence-corrected chi connectivity index (χ3v) is 7.46. The molecular weight excluding hydrogens is 474 g/mol. The molecule has 4 rings (SSSR count). The second-order valence-electron chi connectivity index (χ2n) is 8.17. The van der Waals surface area contributed by atoms with Gasteiger partial charge in [-0.05, 0) is 67.9 Å². The molecule has 0 aromatic heterocycles. The fourth-order valence-electron chi connectivity index (χ4n) is 3.76. The van der Waals surface area contributed by atoms with Gasteiger partial charge in [-0.25, -0.2) is 8.42 Å². The molecule has 1 aliphatic rings. The fourth-order valence-corrected chi connectivity index (χ4v) is 5.42. The number of sulfonamides is 1. The number of anilines is 3.